The zero-order chi connectivity index (χ0) is 31.8. The van der Waals surface area contributed by atoms with Gasteiger partial charge in [0, 0.05) is 35.8 Å². The van der Waals surface area contributed by atoms with Crippen molar-refractivity contribution >= 4 is 43.1 Å². The van der Waals surface area contributed by atoms with E-state index in [1.165, 1.54) is 4.90 Å². The third-order valence-electron chi connectivity index (χ3n) is 9.22. The first-order chi connectivity index (χ1) is 21.5. The number of benzene rings is 2. The second-order valence-electron chi connectivity index (χ2n) is 11.7. The first-order valence-corrected chi connectivity index (χ1v) is 15.1. The maximum Gasteiger partial charge on any atom is 0.417 e. The summed E-state index contributed by atoms with van der Waals surface area (Å²) in [7, 11) is 0. The summed E-state index contributed by atoms with van der Waals surface area (Å²) in [5, 5.41) is 9.02. The number of nitriles is 1. The molecule has 7 nitrogen and oxygen atoms in total. The molecule has 0 saturated carbocycles. The van der Waals surface area contributed by atoms with Crippen LogP contribution in [0.25, 0.3) is 32.1 Å². The van der Waals surface area contributed by atoms with Crippen molar-refractivity contribution < 1.29 is 35.5 Å². The molecular weight excluding hydrogens is 625 g/mol. The summed E-state index contributed by atoms with van der Waals surface area (Å²) in [5.41, 5.74) is 1.71. The van der Waals surface area contributed by atoms with Gasteiger partial charge in [-0.3, -0.25) is 4.90 Å². The van der Waals surface area contributed by atoms with E-state index in [2.05, 4.69) is 9.97 Å². The van der Waals surface area contributed by atoms with E-state index in [9.17, 15) is 31.6 Å². The van der Waals surface area contributed by atoms with Gasteiger partial charge in [0.1, 0.15) is 47.7 Å². The minimum absolute atomic E-state index is 0.0295. The van der Waals surface area contributed by atoms with Gasteiger partial charge in [-0.2, -0.15) is 28.4 Å². The Morgan fingerprint density at radius 3 is 2.69 bits per heavy atom. The Bertz CT molecular complexity index is 1890. The molecule has 2 N–H and O–H groups in total. The molecule has 0 radical (unpaired) electrons. The average molecular weight is 651 g/mol. The van der Waals surface area contributed by atoms with E-state index in [4.69, 9.17) is 10.5 Å². The topological polar surface area (TPSA) is 91.3 Å². The molecule has 236 valence electrons. The van der Waals surface area contributed by atoms with Crippen molar-refractivity contribution in [2.45, 2.75) is 49.6 Å². The highest BCUT2D eigenvalue weighted by Gasteiger charge is 2.49. The number of alkyl halides is 5. The number of anilines is 2. The lowest BCUT2D eigenvalue weighted by atomic mass is 9.92. The number of nitrogens with zero attached hydrogens (tertiary/aromatic N) is 5. The third kappa shape index (κ3) is 4.63. The summed E-state index contributed by atoms with van der Waals surface area (Å²) in [6.45, 7) is 0.347. The van der Waals surface area contributed by atoms with Crippen LogP contribution < -0.4 is 15.4 Å². The van der Waals surface area contributed by atoms with Crippen molar-refractivity contribution in [3.05, 3.63) is 41.0 Å². The lowest BCUT2D eigenvalue weighted by Crippen LogP contribution is -2.49. The van der Waals surface area contributed by atoms with Crippen LogP contribution in [0.5, 0.6) is 6.01 Å². The molecule has 15 heteroatoms. The number of rotatable bonds is 6. The van der Waals surface area contributed by atoms with Crippen molar-refractivity contribution in [1.29, 1.82) is 5.26 Å². The van der Waals surface area contributed by atoms with Crippen LogP contribution in [0.1, 0.15) is 36.8 Å². The molecule has 0 bridgehead atoms. The molecule has 5 heterocycles. The molecule has 45 heavy (non-hydrogen) atoms. The maximum atomic E-state index is 16.7. The maximum absolute atomic E-state index is 16.7. The van der Waals surface area contributed by atoms with Gasteiger partial charge in [0.15, 0.2) is 5.82 Å². The van der Waals surface area contributed by atoms with Crippen molar-refractivity contribution in [1.82, 2.24) is 14.9 Å². The minimum Gasteiger partial charge on any atom is -0.461 e. The number of nitrogens with two attached hydrogens (primary N) is 1. The van der Waals surface area contributed by atoms with Gasteiger partial charge in [0.2, 0.25) is 0 Å². The molecule has 4 aromatic rings. The van der Waals surface area contributed by atoms with Gasteiger partial charge in [-0.15, -0.1) is 11.3 Å². The molecule has 7 rings (SSSR count). The highest BCUT2D eigenvalue weighted by atomic mass is 32.1. The molecule has 3 fully saturated rings. The number of fused-ring (bicyclic) bond motifs is 3. The Morgan fingerprint density at radius 1 is 1.20 bits per heavy atom. The molecule has 0 spiro atoms. The Morgan fingerprint density at radius 2 is 2.00 bits per heavy atom. The highest BCUT2D eigenvalue weighted by molar-refractivity contribution is 7.23. The molecular formula is C30H25F7N6OS. The number of thiophene rings is 1. The van der Waals surface area contributed by atoms with Crippen LogP contribution in [0.2, 0.25) is 0 Å². The Balaban J connectivity index is 1.46. The van der Waals surface area contributed by atoms with Crippen LogP contribution in [0.3, 0.4) is 0 Å². The number of hydrogen-bond acceptors (Lipinski definition) is 8. The SMILES string of the molecule is N#Cc1c(N)sc2c(F)ccc(-c3c(C(F)(F)F)cc4c(N5CCC5CF)nc(OCC56CCCN5CC(F)C6)nc4c3F)c12. The van der Waals surface area contributed by atoms with E-state index in [1.54, 1.807) is 6.07 Å². The van der Waals surface area contributed by atoms with E-state index in [0.717, 1.165) is 18.6 Å². The van der Waals surface area contributed by atoms with E-state index >= 15 is 4.39 Å². The normalized spacial score (nSPS) is 23.5. The average Bonchev–Trinajstić information content (AvgIpc) is 3.61. The van der Waals surface area contributed by atoms with Crippen molar-refractivity contribution in [3.8, 4) is 23.2 Å². The van der Waals surface area contributed by atoms with Crippen LogP contribution in [0.15, 0.2) is 18.2 Å². The van der Waals surface area contributed by atoms with E-state index in [-0.39, 0.29) is 64.0 Å². The molecule has 3 atom stereocenters. The van der Waals surface area contributed by atoms with Gasteiger partial charge >= 0.3 is 12.2 Å². The summed E-state index contributed by atoms with van der Waals surface area (Å²) >= 11 is 0.668. The predicted octanol–water partition coefficient (Wildman–Crippen LogP) is 6.77. The van der Waals surface area contributed by atoms with Crippen LogP contribution in [-0.2, 0) is 6.18 Å². The first kappa shape index (κ1) is 29.8. The quantitative estimate of drug-likeness (QED) is 0.231. The first-order valence-electron chi connectivity index (χ1n) is 14.3. The monoisotopic (exact) mass is 650 g/mol. The van der Waals surface area contributed by atoms with E-state index < -0.39 is 64.4 Å². The van der Waals surface area contributed by atoms with Gasteiger partial charge in [-0.05, 0) is 43.5 Å². The lowest BCUT2D eigenvalue weighted by Gasteiger charge is -2.41. The second-order valence-corrected chi connectivity index (χ2v) is 12.8. The number of ether oxygens (including phenoxy) is 1. The molecule has 3 aliphatic rings. The van der Waals surface area contributed by atoms with Crippen molar-refractivity contribution in [2.75, 3.05) is 43.5 Å². The molecule has 0 amide bonds. The molecule has 2 aromatic heterocycles. The minimum atomic E-state index is -5.11. The van der Waals surface area contributed by atoms with Gasteiger partial charge in [-0.1, -0.05) is 6.07 Å². The summed E-state index contributed by atoms with van der Waals surface area (Å²) in [6, 6.07) is 3.30. The van der Waals surface area contributed by atoms with Gasteiger partial charge in [0.05, 0.1) is 27.4 Å². The molecule has 0 aliphatic carbocycles. The van der Waals surface area contributed by atoms with E-state index in [0.29, 0.717) is 36.8 Å². The zero-order valence-corrected chi connectivity index (χ0v) is 24.3. The van der Waals surface area contributed by atoms with Crippen LogP contribution in [0.4, 0.5) is 41.6 Å². The Kier molecular flexibility index (Phi) is 7.01. The summed E-state index contributed by atoms with van der Waals surface area (Å²) < 4.78 is 110. The lowest BCUT2D eigenvalue weighted by molar-refractivity contribution is -0.137. The van der Waals surface area contributed by atoms with Gasteiger partial charge in [-0.25, -0.2) is 17.6 Å². The van der Waals surface area contributed by atoms with Crippen LogP contribution in [0, 0.1) is 23.0 Å². The van der Waals surface area contributed by atoms with E-state index in [1.807, 2.05) is 4.90 Å². The summed E-state index contributed by atoms with van der Waals surface area (Å²) in [5.74, 6) is -2.37. The standard InChI is InChI=1S/C30H25F7N6OS/c31-10-15-4-7-43(15)27-17-8-19(30(35,36)37)22(16-2-3-20(33)25-21(16)18(11-38)26(39)45-25)23(34)24(17)40-28(41-27)44-13-29-5-1-6-42(29)12-14(32)9-29/h2-3,8,14-15H,1,4-7,9-10,12-13,39H2. The molecule has 3 unspecified atom stereocenters. The number of hydrogen-bond donors (Lipinski definition) is 1. The fraction of sp³-hybridized carbons (Fsp3) is 0.433. The molecule has 2 aromatic carbocycles. The number of nitrogen functional groups attached to an aromatic ring is 1. The van der Waals surface area contributed by atoms with Crippen molar-refractivity contribution in [3.63, 3.8) is 0 Å². The zero-order valence-electron chi connectivity index (χ0n) is 23.5. The summed E-state index contributed by atoms with van der Waals surface area (Å²) in [6.07, 6.45) is -4.05. The van der Waals surface area contributed by atoms with Crippen LogP contribution >= 0.6 is 11.3 Å². The van der Waals surface area contributed by atoms with Crippen molar-refractivity contribution in [2.24, 2.45) is 0 Å². The highest BCUT2D eigenvalue weighted by Crippen LogP contribution is 2.48. The fourth-order valence-electron chi connectivity index (χ4n) is 7.00. The fourth-order valence-corrected chi connectivity index (χ4v) is 7.95. The van der Waals surface area contributed by atoms with Gasteiger partial charge < -0.3 is 15.4 Å². The second kappa shape index (κ2) is 10.6. The number of halogens is 7. The molecule has 3 aliphatic heterocycles. The smallest absolute Gasteiger partial charge is 0.417 e. The third-order valence-corrected chi connectivity index (χ3v) is 10.2. The Hall–Kier alpha value is -3.90. The van der Waals surface area contributed by atoms with Gasteiger partial charge in [0.25, 0.3) is 0 Å². The predicted molar refractivity (Wildman–Crippen MR) is 155 cm³/mol. The van der Waals surface area contributed by atoms with Crippen LogP contribution in [-0.4, -0.2) is 65.5 Å². The largest absolute Gasteiger partial charge is 0.461 e. The number of aromatic nitrogens is 2. The molecule has 3 saturated heterocycles. The Labute approximate surface area is 256 Å². The summed E-state index contributed by atoms with van der Waals surface area (Å²) in [4.78, 5) is 12.0.